The monoisotopic (exact) mass is 548 g/mol. The van der Waals surface area contributed by atoms with Crippen molar-refractivity contribution >= 4 is 29.1 Å². The van der Waals surface area contributed by atoms with E-state index in [1.54, 1.807) is 43.5 Å². The number of piperazine rings is 1. The Bertz CT molecular complexity index is 1290. The van der Waals surface area contributed by atoms with E-state index in [-0.39, 0.29) is 43.2 Å². The Kier molecular flexibility index (Phi) is 9.69. The topological polar surface area (TPSA) is 91.4 Å². The summed E-state index contributed by atoms with van der Waals surface area (Å²) in [5, 5.41) is 2.83. The first-order valence-corrected chi connectivity index (χ1v) is 13.0. The smallest absolute Gasteiger partial charge is 0.253 e. The van der Waals surface area contributed by atoms with E-state index in [9.17, 15) is 18.8 Å². The van der Waals surface area contributed by atoms with Crippen LogP contribution in [-0.2, 0) is 20.9 Å². The molecule has 1 fully saturated rings. The Morgan fingerprint density at radius 2 is 1.52 bits per heavy atom. The number of methoxy groups -OCH3 is 2. The van der Waals surface area contributed by atoms with E-state index in [0.717, 1.165) is 5.69 Å². The number of rotatable bonds is 10. The molecule has 0 bridgehead atoms. The fourth-order valence-corrected chi connectivity index (χ4v) is 4.47. The van der Waals surface area contributed by atoms with Crippen LogP contribution in [0.25, 0.3) is 0 Å². The molecule has 3 aromatic rings. The third-order valence-electron chi connectivity index (χ3n) is 6.66. The average molecular weight is 549 g/mol. The second-order valence-electron chi connectivity index (χ2n) is 9.41. The molecule has 9 nitrogen and oxygen atoms in total. The van der Waals surface area contributed by atoms with E-state index in [1.165, 1.54) is 24.1 Å². The van der Waals surface area contributed by atoms with E-state index >= 15 is 0 Å². The average Bonchev–Trinajstić information content (AvgIpc) is 2.98. The van der Waals surface area contributed by atoms with Gasteiger partial charge in [-0.2, -0.15) is 0 Å². The maximum absolute atomic E-state index is 13.3. The van der Waals surface area contributed by atoms with E-state index in [2.05, 4.69) is 10.2 Å². The molecule has 0 radical (unpaired) electrons. The second-order valence-corrected chi connectivity index (χ2v) is 9.41. The van der Waals surface area contributed by atoms with Gasteiger partial charge < -0.3 is 29.5 Å². The van der Waals surface area contributed by atoms with Crippen LogP contribution < -0.4 is 15.0 Å². The van der Waals surface area contributed by atoms with Crippen molar-refractivity contribution in [1.82, 2.24) is 9.80 Å². The molecule has 0 aliphatic carbocycles. The lowest BCUT2D eigenvalue weighted by Gasteiger charge is -2.36. The molecule has 0 unspecified atom stereocenters. The highest BCUT2D eigenvalue weighted by molar-refractivity contribution is 5.95. The zero-order valence-corrected chi connectivity index (χ0v) is 22.6. The minimum Gasteiger partial charge on any atom is -0.497 e. The van der Waals surface area contributed by atoms with Crippen LogP contribution in [-0.4, -0.2) is 81.1 Å². The summed E-state index contributed by atoms with van der Waals surface area (Å²) in [6.07, 6.45) is 0. The minimum absolute atomic E-state index is 0.00202. The van der Waals surface area contributed by atoms with Gasteiger partial charge in [0.1, 0.15) is 24.7 Å². The fourth-order valence-electron chi connectivity index (χ4n) is 4.47. The van der Waals surface area contributed by atoms with Crippen molar-refractivity contribution < 1.29 is 28.2 Å². The summed E-state index contributed by atoms with van der Waals surface area (Å²) in [4.78, 5) is 43.5. The minimum atomic E-state index is -0.372. The zero-order chi connectivity index (χ0) is 28.5. The maximum Gasteiger partial charge on any atom is 0.253 e. The summed E-state index contributed by atoms with van der Waals surface area (Å²) in [5.74, 6) is -0.365. The van der Waals surface area contributed by atoms with Gasteiger partial charge in [-0.05, 0) is 66.2 Å². The van der Waals surface area contributed by atoms with Crippen molar-refractivity contribution in [2.24, 2.45) is 0 Å². The van der Waals surface area contributed by atoms with E-state index in [4.69, 9.17) is 9.47 Å². The molecule has 1 aliphatic rings. The highest BCUT2D eigenvalue weighted by Crippen LogP contribution is 2.21. The fraction of sp³-hybridized carbons (Fsp3) is 0.300. The van der Waals surface area contributed by atoms with E-state index in [1.807, 2.05) is 29.2 Å². The summed E-state index contributed by atoms with van der Waals surface area (Å²) in [6, 6.07) is 20.4. The highest BCUT2D eigenvalue weighted by Gasteiger charge is 2.23. The number of hydrogen-bond acceptors (Lipinski definition) is 6. The molecule has 3 amide bonds. The molecule has 1 heterocycles. The van der Waals surface area contributed by atoms with E-state index < -0.39 is 0 Å². The largest absolute Gasteiger partial charge is 0.497 e. The van der Waals surface area contributed by atoms with Crippen LogP contribution in [0, 0.1) is 5.82 Å². The first-order chi connectivity index (χ1) is 19.4. The van der Waals surface area contributed by atoms with Crippen LogP contribution in [0.3, 0.4) is 0 Å². The standard InChI is InChI=1S/C30H33FN4O5/c1-39-21-29(37)35(19-22-3-7-24(31)8-4-22)20-28(36)32-25-9-11-26(12-10-25)33-15-17-34(18-16-33)30(38)23-5-13-27(40-2)14-6-23/h3-14H,15-21H2,1-2H3,(H,32,36). The molecule has 0 atom stereocenters. The summed E-state index contributed by atoms with van der Waals surface area (Å²) in [6.45, 7) is 2.39. The van der Waals surface area contributed by atoms with Crippen molar-refractivity contribution in [2.75, 3.05) is 63.8 Å². The molecular formula is C30H33FN4O5. The molecule has 10 heteroatoms. The summed E-state index contributed by atoms with van der Waals surface area (Å²) in [7, 11) is 3.00. The lowest BCUT2D eigenvalue weighted by molar-refractivity contribution is -0.138. The summed E-state index contributed by atoms with van der Waals surface area (Å²) in [5.41, 5.74) is 2.93. The Hall–Kier alpha value is -4.44. The first-order valence-electron chi connectivity index (χ1n) is 13.0. The SMILES string of the molecule is COCC(=O)N(CC(=O)Nc1ccc(N2CCN(C(=O)c3ccc(OC)cc3)CC2)cc1)Cc1ccc(F)cc1. The molecule has 3 aromatic carbocycles. The van der Waals surface area contributed by atoms with Gasteiger partial charge >= 0.3 is 0 Å². The molecule has 210 valence electrons. The number of nitrogens with one attached hydrogen (secondary N) is 1. The van der Waals surface area contributed by atoms with Crippen LogP contribution in [0.2, 0.25) is 0 Å². The van der Waals surface area contributed by atoms with Crippen molar-refractivity contribution in [2.45, 2.75) is 6.54 Å². The second kappa shape index (κ2) is 13.6. The molecule has 40 heavy (non-hydrogen) atoms. The quantitative estimate of drug-likeness (QED) is 0.418. The Morgan fingerprint density at radius 3 is 2.12 bits per heavy atom. The van der Waals surface area contributed by atoms with Gasteiger partial charge in [-0.15, -0.1) is 0 Å². The van der Waals surface area contributed by atoms with Crippen LogP contribution in [0.1, 0.15) is 15.9 Å². The zero-order valence-electron chi connectivity index (χ0n) is 22.6. The van der Waals surface area contributed by atoms with Crippen molar-refractivity contribution in [3.05, 3.63) is 89.7 Å². The van der Waals surface area contributed by atoms with Crippen molar-refractivity contribution in [3.63, 3.8) is 0 Å². The van der Waals surface area contributed by atoms with Crippen molar-refractivity contribution in [3.8, 4) is 5.75 Å². The molecule has 4 rings (SSSR count). The number of amides is 3. The summed E-state index contributed by atoms with van der Waals surface area (Å²) >= 11 is 0. The van der Waals surface area contributed by atoms with Gasteiger partial charge in [0, 0.05) is 56.8 Å². The molecule has 1 saturated heterocycles. The van der Waals surface area contributed by atoms with Crippen LogP contribution in [0.5, 0.6) is 5.75 Å². The number of halogens is 1. The lowest BCUT2D eigenvalue weighted by atomic mass is 10.1. The summed E-state index contributed by atoms with van der Waals surface area (Å²) < 4.78 is 23.4. The van der Waals surface area contributed by atoms with Gasteiger partial charge in [-0.1, -0.05) is 12.1 Å². The van der Waals surface area contributed by atoms with Gasteiger partial charge in [0.2, 0.25) is 11.8 Å². The number of carbonyl (C=O) groups excluding carboxylic acids is 3. The number of anilines is 2. The molecule has 1 aliphatic heterocycles. The third-order valence-corrected chi connectivity index (χ3v) is 6.66. The van der Waals surface area contributed by atoms with Crippen LogP contribution in [0.15, 0.2) is 72.8 Å². The lowest BCUT2D eigenvalue weighted by Crippen LogP contribution is -2.48. The van der Waals surface area contributed by atoms with Gasteiger partial charge in [-0.3, -0.25) is 14.4 Å². The van der Waals surface area contributed by atoms with Crippen molar-refractivity contribution in [1.29, 1.82) is 0 Å². The predicted octanol–water partition coefficient (Wildman–Crippen LogP) is 3.41. The maximum atomic E-state index is 13.3. The number of benzene rings is 3. The van der Waals surface area contributed by atoms with Gasteiger partial charge in [0.15, 0.2) is 0 Å². The van der Waals surface area contributed by atoms with Gasteiger partial charge in [0.05, 0.1) is 7.11 Å². The van der Waals surface area contributed by atoms with Gasteiger partial charge in [-0.25, -0.2) is 4.39 Å². The number of nitrogens with zero attached hydrogens (tertiary/aromatic N) is 3. The normalized spacial score (nSPS) is 13.1. The Morgan fingerprint density at radius 1 is 0.875 bits per heavy atom. The highest BCUT2D eigenvalue weighted by atomic mass is 19.1. The molecule has 0 aromatic heterocycles. The molecule has 1 N–H and O–H groups in total. The Labute approximate surface area is 233 Å². The number of ether oxygens (including phenoxy) is 2. The van der Waals surface area contributed by atoms with E-state index in [0.29, 0.717) is 48.7 Å². The molecular weight excluding hydrogens is 515 g/mol. The van der Waals surface area contributed by atoms with Crippen LogP contribution in [0.4, 0.5) is 15.8 Å². The number of carbonyl (C=O) groups is 3. The predicted molar refractivity (Wildman–Crippen MR) is 150 cm³/mol. The molecule has 0 spiro atoms. The number of hydrogen-bond donors (Lipinski definition) is 1. The Balaban J connectivity index is 1.29. The van der Waals surface area contributed by atoms with Gasteiger partial charge in [0.25, 0.3) is 5.91 Å². The first kappa shape index (κ1) is 28.6. The van der Waals surface area contributed by atoms with Crippen LogP contribution >= 0.6 is 0 Å². The third kappa shape index (κ3) is 7.57. The molecule has 0 saturated carbocycles.